The van der Waals surface area contributed by atoms with Crippen LogP contribution in [-0.2, 0) is 34.9 Å². The van der Waals surface area contributed by atoms with E-state index in [1.54, 1.807) is 19.9 Å². The second kappa shape index (κ2) is 19.6. The van der Waals surface area contributed by atoms with Crippen molar-refractivity contribution in [2.75, 3.05) is 19.8 Å². The van der Waals surface area contributed by atoms with Gasteiger partial charge < -0.3 is 38.9 Å². The Balaban J connectivity index is 2.87. The summed E-state index contributed by atoms with van der Waals surface area (Å²) in [6, 6.07) is 3.27. The number of rotatable bonds is 17. The lowest BCUT2D eigenvalue weighted by atomic mass is 10.1. The van der Waals surface area contributed by atoms with E-state index in [0.717, 1.165) is 6.42 Å². The Morgan fingerprint density at radius 2 is 1.26 bits per heavy atom. The molecular formula is C31H49NO11. The van der Waals surface area contributed by atoms with E-state index in [9.17, 15) is 19.2 Å². The Kier molecular flexibility index (Phi) is 17.1. The minimum atomic E-state index is -1.11. The third-order valence-corrected chi connectivity index (χ3v) is 6.41. The standard InChI is InChI=1S/C31H49NO11/c1-9-21(6)18-39-31(36)41-23(8)22(7)40-28(33)25(32)16-24-10-11-26(42-29(34)37-14-12-19(2)3)27(17-24)43-30(35)38-15-13-20(4)5/h10-11,17,19-23,25H,9,12-16,18,32H2,1-8H3/t21?,22-,23-,25-/m0/s1. The molecule has 0 aromatic heterocycles. The van der Waals surface area contributed by atoms with Gasteiger partial charge >= 0.3 is 24.4 Å². The van der Waals surface area contributed by atoms with Gasteiger partial charge in [-0.1, -0.05) is 54.0 Å². The summed E-state index contributed by atoms with van der Waals surface area (Å²) >= 11 is 0. The average Bonchev–Trinajstić information content (AvgIpc) is 2.92. The third-order valence-electron chi connectivity index (χ3n) is 6.41. The molecule has 2 N–H and O–H groups in total. The molecule has 0 aliphatic heterocycles. The first-order valence-corrected chi connectivity index (χ1v) is 14.8. The molecule has 0 spiro atoms. The molecule has 1 aromatic carbocycles. The summed E-state index contributed by atoms with van der Waals surface area (Å²) in [5, 5.41) is 0. The molecule has 1 aromatic rings. The van der Waals surface area contributed by atoms with Crippen molar-refractivity contribution >= 4 is 24.4 Å². The molecule has 4 atom stereocenters. The maximum atomic E-state index is 12.7. The summed E-state index contributed by atoms with van der Waals surface area (Å²) in [6.45, 7) is 15.6. The molecule has 43 heavy (non-hydrogen) atoms. The van der Waals surface area contributed by atoms with Gasteiger partial charge in [-0.3, -0.25) is 4.79 Å². The predicted octanol–water partition coefficient (Wildman–Crippen LogP) is 6.20. The lowest BCUT2D eigenvalue weighted by Gasteiger charge is -2.22. The van der Waals surface area contributed by atoms with Gasteiger partial charge in [0.05, 0.1) is 19.8 Å². The number of nitrogens with two attached hydrogens (primary N) is 1. The Hall–Kier alpha value is -3.54. The fourth-order valence-corrected chi connectivity index (χ4v) is 3.15. The number of hydrogen-bond acceptors (Lipinski definition) is 12. The number of carbonyl (C=O) groups excluding carboxylic acids is 4. The van der Waals surface area contributed by atoms with Gasteiger partial charge in [-0.05, 0) is 68.6 Å². The first-order chi connectivity index (χ1) is 20.2. The summed E-state index contributed by atoms with van der Waals surface area (Å²) in [5.41, 5.74) is 6.58. The average molecular weight is 612 g/mol. The van der Waals surface area contributed by atoms with Gasteiger partial charge in [-0.25, -0.2) is 14.4 Å². The van der Waals surface area contributed by atoms with Crippen molar-refractivity contribution < 1.29 is 52.3 Å². The number of hydrogen-bond donors (Lipinski definition) is 1. The fraction of sp³-hybridized carbons (Fsp3) is 0.677. The zero-order chi connectivity index (χ0) is 32.5. The van der Waals surface area contributed by atoms with Crippen LogP contribution in [0.3, 0.4) is 0 Å². The molecule has 0 aliphatic rings. The minimum absolute atomic E-state index is 0.00435. The number of carbonyl (C=O) groups is 4. The zero-order valence-corrected chi connectivity index (χ0v) is 26.7. The monoisotopic (exact) mass is 611 g/mol. The first-order valence-electron chi connectivity index (χ1n) is 14.8. The number of ether oxygens (including phenoxy) is 7. The van der Waals surface area contributed by atoms with Crippen LogP contribution in [0.15, 0.2) is 18.2 Å². The van der Waals surface area contributed by atoms with Gasteiger partial charge in [0, 0.05) is 0 Å². The molecule has 0 radical (unpaired) electrons. The van der Waals surface area contributed by atoms with Gasteiger partial charge in [0.15, 0.2) is 11.5 Å². The van der Waals surface area contributed by atoms with E-state index >= 15 is 0 Å². The van der Waals surface area contributed by atoms with E-state index in [4.69, 9.17) is 38.9 Å². The first kappa shape index (κ1) is 37.5. The molecule has 12 heteroatoms. The molecule has 0 fully saturated rings. The Labute approximate surface area is 254 Å². The Morgan fingerprint density at radius 1 is 0.721 bits per heavy atom. The topological polar surface area (TPSA) is 159 Å². The molecule has 0 aliphatic carbocycles. The highest BCUT2D eigenvalue weighted by atomic mass is 16.7. The van der Waals surface area contributed by atoms with Crippen LogP contribution in [0, 0.1) is 17.8 Å². The molecule has 0 bridgehead atoms. The minimum Gasteiger partial charge on any atom is -0.458 e. The normalized spacial score (nSPS) is 13.8. The summed E-state index contributed by atoms with van der Waals surface area (Å²) in [4.78, 5) is 49.1. The van der Waals surface area contributed by atoms with Crippen LogP contribution in [0.5, 0.6) is 11.5 Å². The summed E-state index contributed by atoms with van der Waals surface area (Å²) in [5.74, 6) is -0.0770. The summed E-state index contributed by atoms with van der Waals surface area (Å²) in [7, 11) is 0. The van der Waals surface area contributed by atoms with Crippen LogP contribution < -0.4 is 15.2 Å². The van der Waals surface area contributed by atoms with Crippen LogP contribution in [-0.4, -0.2) is 62.5 Å². The van der Waals surface area contributed by atoms with Crippen molar-refractivity contribution in [1.29, 1.82) is 0 Å². The van der Waals surface area contributed by atoms with Gasteiger partial charge in [0.1, 0.15) is 18.2 Å². The summed E-state index contributed by atoms with van der Waals surface area (Å²) < 4.78 is 36.4. The summed E-state index contributed by atoms with van der Waals surface area (Å²) in [6.07, 6.45) is -2.22. The van der Waals surface area contributed by atoms with Crippen LogP contribution in [0.1, 0.15) is 80.2 Å². The maximum Gasteiger partial charge on any atom is 0.513 e. The van der Waals surface area contributed by atoms with Crippen molar-refractivity contribution in [1.82, 2.24) is 0 Å². The van der Waals surface area contributed by atoms with Gasteiger partial charge in [-0.2, -0.15) is 0 Å². The van der Waals surface area contributed by atoms with E-state index in [2.05, 4.69) is 0 Å². The molecule has 1 rings (SSSR count). The second-order valence-electron chi connectivity index (χ2n) is 11.4. The van der Waals surface area contributed by atoms with Crippen molar-refractivity contribution in [2.45, 2.75) is 99.3 Å². The Morgan fingerprint density at radius 3 is 1.79 bits per heavy atom. The SMILES string of the molecule is CCC(C)COC(=O)O[C@@H](C)[C@H](C)OC(=O)[C@@H](N)Cc1ccc(OC(=O)OCCC(C)C)c(OC(=O)OCCC(C)C)c1. The Bertz CT molecular complexity index is 1030. The number of esters is 1. The molecule has 244 valence electrons. The lowest BCUT2D eigenvalue weighted by Crippen LogP contribution is -2.39. The third kappa shape index (κ3) is 16.0. The maximum absolute atomic E-state index is 12.7. The highest BCUT2D eigenvalue weighted by Gasteiger charge is 2.26. The molecule has 0 saturated carbocycles. The van der Waals surface area contributed by atoms with Crippen LogP contribution >= 0.6 is 0 Å². The molecule has 1 unspecified atom stereocenters. The highest BCUT2D eigenvalue weighted by molar-refractivity contribution is 5.76. The van der Waals surface area contributed by atoms with Crippen LogP contribution in [0.25, 0.3) is 0 Å². The van der Waals surface area contributed by atoms with E-state index in [0.29, 0.717) is 30.2 Å². The van der Waals surface area contributed by atoms with Gasteiger partial charge in [0.2, 0.25) is 0 Å². The second-order valence-corrected chi connectivity index (χ2v) is 11.4. The van der Waals surface area contributed by atoms with Crippen molar-refractivity contribution in [3.8, 4) is 11.5 Å². The van der Waals surface area contributed by atoms with E-state index in [1.165, 1.54) is 12.1 Å². The predicted molar refractivity (Wildman–Crippen MR) is 158 cm³/mol. The van der Waals surface area contributed by atoms with Crippen LogP contribution in [0.2, 0.25) is 0 Å². The lowest BCUT2D eigenvalue weighted by molar-refractivity contribution is -0.155. The molecule has 0 amide bonds. The highest BCUT2D eigenvalue weighted by Crippen LogP contribution is 2.30. The molecule has 0 saturated heterocycles. The van der Waals surface area contributed by atoms with Gasteiger partial charge in [0.25, 0.3) is 0 Å². The van der Waals surface area contributed by atoms with E-state index in [-0.39, 0.29) is 43.7 Å². The van der Waals surface area contributed by atoms with Crippen LogP contribution in [0.4, 0.5) is 14.4 Å². The zero-order valence-electron chi connectivity index (χ0n) is 26.7. The smallest absolute Gasteiger partial charge is 0.458 e. The van der Waals surface area contributed by atoms with Crippen molar-refractivity contribution in [3.05, 3.63) is 23.8 Å². The van der Waals surface area contributed by atoms with E-state index < -0.39 is 42.7 Å². The molecule has 0 heterocycles. The molecular weight excluding hydrogens is 562 g/mol. The largest absolute Gasteiger partial charge is 0.513 e. The van der Waals surface area contributed by atoms with Gasteiger partial charge in [-0.15, -0.1) is 0 Å². The fourth-order valence-electron chi connectivity index (χ4n) is 3.15. The number of benzene rings is 1. The molecule has 12 nitrogen and oxygen atoms in total. The van der Waals surface area contributed by atoms with E-state index in [1.807, 2.05) is 41.5 Å². The van der Waals surface area contributed by atoms with Crippen molar-refractivity contribution in [2.24, 2.45) is 23.5 Å². The van der Waals surface area contributed by atoms with Crippen molar-refractivity contribution in [3.63, 3.8) is 0 Å². The quantitative estimate of drug-likeness (QED) is 0.121.